The third kappa shape index (κ3) is 2.15. The number of aromatic amines is 1. The molecule has 0 aliphatic heterocycles. The summed E-state index contributed by atoms with van der Waals surface area (Å²) in [7, 11) is 2.08. The number of benzene rings is 2. The third-order valence-electron chi connectivity index (χ3n) is 3.79. The molecule has 0 amide bonds. The predicted molar refractivity (Wildman–Crippen MR) is 87.2 cm³/mol. The maximum absolute atomic E-state index is 6.62. The van der Waals surface area contributed by atoms with E-state index in [0.717, 1.165) is 36.9 Å². The van der Waals surface area contributed by atoms with Crippen molar-refractivity contribution in [2.24, 2.45) is 7.05 Å². The summed E-state index contributed by atoms with van der Waals surface area (Å²) >= 11 is 10.1. The number of nitrogens with zero attached hydrogens (tertiary/aromatic N) is 1. The summed E-state index contributed by atoms with van der Waals surface area (Å²) in [6.07, 6.45) is 0. The summed E-state index contributed by atoms with van der Waals surface area (Å²) < 4.78 is 3.23. The first-order chi connectivity index (χ1) is 9.66. The molecule has 0 saturated carbocycles. The molecule has 21 heavy (non-hydrogen) atoms. The van der Waals surface area contributed by atoms with Crippen LogP contribution in [0.15, 0.2) is 46.9 Å². The van der Waals surface area contributed by atoms with Gasteiger partial charge in [0.15, 0.2) is 0 Å². The number of aromatic nitrogens is 2. The molecule has 0 aliphatic carbocycles. The molecule has 2 heterocycles. The molecule has 0 unspecified atom stereocenters. The summed E-state index contributed by atoms with van der Waals surface area (Å²) in [4.78, 5) is 3.43. The minimum absolute atomic E-state index is 0. The maximum Gasteiger partial charge on any atom is 0.240 e. The lowest BCUT2D eigenvalue weighted by molar-refractivity contribution is -0.616. The molecule has 2 nitrogen and oxygen atoms in total. The van der Waals surface area contributed by atoms with E-state index in [4.69, 9.17) is 11.6 Å². The van der Waals surface area contributed by atoms with Gasteiger partial charge < -0.3 is 29.0 Å². The Kier molecular flexibility index (Phi) is 3.88. The molecule has 0 radical (unpaired) electrons. The zero-order chi connectivity index (χ0) is 13.9. The first kappa shape index (κ1) is 15.1. The van der Waals surface area contributed by atoms with Crippen molar-refractivity contribution in [3.05, 3.63) is 52.0 Å². The van der Waals surface area contributed by atoms with E-state index in [1.807, 2.05) is 12.1 Å². The molecule has 4 rings (SSSR count). The van der Waals surface area contributed by atoms with Gasteiger partial charge in [-0.05, 0) is 24.3 Å². The van der Waals surface area contributed by atoms with Crippen molar-refractivity contribution >= 4 is 60.4 Å². The molecule has 0 spiro atoms. The van der Waals surface area contributed by atoms with Gasteiger partial charge in [0.05, 0.1) is 21.3 Å². The van der Waals surface area contributed by atoms with Gasteiger partial charge in [-0.2, -0.15) is 4.57 Å². The molecule has 0 aliphatic rings. The zero-order valence-corrected chi connectivity index (χ0v) is 15.6. The van der Waals surface area contributed by atoms with E-state index in [9.17, 15) is 0 Å². The molecule has 0 atom stereocenters. The van der Waals surface area contributed by atoms with Crippen molar-refractivity contribution < 1.29 is 28.5 Å². The lowest BCUT2D eigenvalue weighted by Gasteiger charge is -2.02. The second kappa shape index (κ2) is 5.41. The van der Waals surface area contributed by atoms with Crippen LogP contribution in [-0.2, 0) is 7.05 Å². The Bertz CT molecular complexity index is 994. The monoisotopic (exact) mass is 472 g/mol. The van der Waals surface area contributed by atoms with Crippen LogP contribution in [0.25, 0.3) is 32.8 Å². The first-order valence-electron chi connectivity index (χ1n) is 6.34. The van der Waals surface area contributed by atoms with E-state index in [2.05, 4.69) is 62.9 Å². The number of rotatable bonds is 0. The van der Waals surface area contributed by atoms with E-state index in [0.29, 0.717) is 0 Å². The SMILES string of the molecule is C[n+]1c2ccc(Br)cc2c(Cl)c2[nH]c3ccccc3c21.[I-]. The molecule has 2 aromatic carbocycles. The lowest BCUT2D eigenvalue weighted by atomic mass is 10.1. The van der Waals surface area contributed by atoms with Crippen LogP contribution in [0.5, 0.6) is 0 Å². The van der Waals surface area contributed by atoms with Crippen LogP contribution in [0.1, 0.15) is 0 Å². The number of hydrogen-bond donors (Lipinski definition) is 1. The molecule has 2 aromatic heterocycles. The Morgan fingerprint density at radius 2 is 1.86 bits per heavy atom. The highest BCUT2D eigenvalue weighted by molar-refractivity contribution is 9.10. The summed E-state index contributed by atoms with van der Waals surface area (Å²) in [6, 6.07) is 14.5. The Balaban J connectivity index is 0.00000132. The quantitative estimate of drug-likeness (QED) is 0.297. The highest BCUT2D eigenvalue weighted by Crippen LogP contribution is 2.33. The van der Waals surface area contributed by atoms with Crippen LogP contribution >= 0.6 is 27.5 Å². The molecule has 5 heteroatoms. The van der Waals surface area contributed by atoms with E-state index in [1.54, 1.807) is 0 Å². The topological polar surface area (TPSA) is 19.7 Å². The summed E-state index contributed by atoms with van der Waals surface area (Å²) in [5, 5.41) is 3.00. The van der Waals surface area contributed by atoms with Gasteiger partial charge in [0.25, 0.3) is 0 Å². The van der Waals surface area contributed by atoms with Gasteiger partial charge in [-0.3, -0.25) is 0 Å². The van der Waals surface area contributed by atoms with Gasteiger partial charge in [0.1, 0.15) is 12.6 Å². The summed E-state index contributed by atoms with van der Waals surface area (Å²) in [6.45, 7) is 0. The first-order valence-corrected chi connectivity index (χ1v) is 7.51. The lowest BCUT2D eigenvalue weighted by Crippen LogP contribution is -3.00. The Morgan fingerprint density at radius 3 is 2.67 bits per heavy atom. The van der Waals surface area contributed by atoms with E-state index < -0.39 is 0 Å². The number of halogens is 3. The highest BCUT2D eigenvalue weighted by Gasteiger charge is 2.21. The van der Waals surface area contributed by atoms with Crippen molar-refractivity contribution in [3.8, 4) is 0 Å². The fourth-order valence-electron chi connectivity index (χ4n) is 2.87. The van der Waals surface area contributed by atoms with Gasteiger partial charge in [-0.25, -0.2) is 0 Å². The van der Waals surface area contributed by atoms with Crippen LogP contribution in [0, 0.1) is 0 Å². The number of fused-ring (bicyclic) bond motifs is 4. The Hall–Kier alpha value is -0.850. The fourth-order valence-corrected chi connectivity index (χ4v) is 3.52. The van der Waals surface area contributed by atoms with Gasteiger partial charge in [0, 0.05) is 10.5 Å². The molecule has 4 aromatic rings. The smallest absolute Gasteiger partial charge is 0.240 e. The van der Waals surface area contributed by atoms with Crippen molar-refractivity contribution in [1.82, 2.24) is 4.98 Å². The van der Waals surface area contributed by atoms with Crippen molar-refractivity contribution in [1.29, 1.82) is 0 Å². The van der Waals surface area contributed by atoms with E-state index in [1.165, 1.54) is 5.39 Å². The molecule has 106 valence electrons. The largest absolute Gasteiger partial charge is 1.00 e. The molecular weight excluding hydrogens is 462 g/mol. The van der Waals surface area contributed by atoms with Crippen molar-refractivity contribution in [2.45, 2.75) is 0 Å². The number of pyridine rings is 1. The summed E-state index contributed by atoms with van der Waals surface area (Å²) in [5.41, 5.74) is 4.35. The average Bonchev–Trinajstić information content (AvgIpc) is 2.84. The number of para-hydroxylation sites is 1. The van der Waals surface area contributed by atoms with Crippen molar-refractivity contribution in [2.75, 3.05) is 0 Å². The molecule has 0 bridgehead atoms. The second-order valence-corrected chi connectivity index (χ2v) is 6.22. The van der Waals surface area contributed by atoms with Crippen molar-refractivity contribution in [3.63, 3.8) is 0 Å². The molecule has 0 fully saturated rings. The van der Waals surface area contributed by atoms with Crippen LogP contribution in [0.3, 0.4) is 0 Å². The summed E-state index contributed by atoms with van der Waals surface area (Å²) in [5.74, 6) is 0. The number of nitrogens with one attached hydrogen (secondary N) is 1. The number of H-pyrrole nitrogens is 1. The van der Waals surface area contributed by atoms with Crippen LogP contribution in [0.4, 0.5) is 0 Å². The predicted octanol–water partition coefficient (Wildman–Crippen LogP) is 1.72. The standard InChI is InChI=1S/C16H10BrClN2.HI/c1-20-13-7-6-9(17)8-11(13)14(18)15-16(20)10-4-2-3-5-12(10)19-15;/h2-8H,1H3;1H. The maximum atomic E-state index is 6.62. The Labute approximate surface area is 152 Å². The van der Waals surface area contributed by atoms with Gasteiger partial charge >= 0.3 is 0 Å². The van der Waals surface area contributed by atoms with Gasteiger partial charge in [-0.15, -0.1) is 0 Å². The van der Waals surface area contributed by atoms with Crippen LogP contribution < -0.4 is 28.5 Å². The minimum atomic E-state index is 0. The highest BCUT2D eigenvalue weighted by atomic mass is 127. The third-order valence-corrected chi connectivity index (χ3v) is 4.68. The molecular formula is C16H11BrClIN2. The number of hydrogen-bond acceptors (Lipinski definition) is 0. The second-order valence-electron chi connectivity index (χ2n) is 4.93. The van der Waals surface area contributed by atoms with Gasteiger partial charge in [-0.1, -0.05) is 39.7 Å². The normalized spacial score (nSPS) is 11.2. The van der Waals surface area contributed by atoms with E-state index in [-0.39, 0.29) is 24.0 Å². The van der Waals surface area contributed by atoms with Crippen LogP contribution in [-0.4, -0.2) is 4.98 Å². The minimum Gasteiger partial charge on any atom is -1.00 e. The molecule has 1 N–H and O–H groups in total. The van der Waals surface area contributed by atoms with Gasteiger partial charge in [0.2, 0.25) is 11.0 Å². The zero-order valence-electron chi connectivity index (χ0n) is 11.1. The average molecular weight is 474 g/mol. The Morgan fingerprint density at radius 1 is 1.10 bits per heavy atom. The van der Waals surface area contributed by atoms with E-state index >= 15 is 0 Å². The number of aryl methyl sites for hydroxylation is 1. The fraction of sp³-hybridized carbons (Fsp3) is 0.0625. The van der Waals surface area contributed by atoms with Crippen LogP contribution in [0.2, 0.25) is 5.02 Å². The molecule has 0 saturated heterocycles.